The number of anilines is 1. The maximum Gasteiger partial charge on any atom is 0.349 e. The molecule has 0 aromatic carbocycles. The fourth-order valence-corrected chi connectivity index (χ4v) is 17.8. The summed E-state index contributed by atoms with van der Waals surface area (Å²) in [7, 11) is -5.03. The summed E-state index contributed by atoms with van der Waals surface area (Å²) in [6.45, 7) is 27.1. The number of nitrogen functional groups attached to an aromatic ring is 1. The van der Waals surface area contributed by atoms with Crippen molar-refractivity contribution in [1.82, 2.24) is 19.5 Å². The summed E-state index contributed by atoms with van der Waals surface area (Å²) in [6.07, 6.45) is -0.464. The van der Waals surface area contributed by atoms with Crippen molar-refractivity contribution in [3.63, 3.8) is 0 Å². The van der Waals surface area contributed by atoms with Gasteiger partial charge in [0.05, 0.1) is 12.9 Å². The minimum Gasteiger partial charge on any atom is -0.394 e. The lowest BCUT2D eigenvalue weighted by Crippen LogP contribution is -2.65. The lowest BCUT2D eigenvalue weighted by molar-refractivity contribution is -0.113. The maximum atomic E-state index is 12.6. The zero-order chi connectivity index (χ0) is 30.7. The molecule has 232 valence electrons. The molecule has 2 saturated heterocycles. The van der Waals surface area contributed by atoms with Gasteiger partial charge in [0.15, 0.2) is 17.4 Å². The summed E-state index contributed by atoms with van der Waals surface area (Å²) in [4.78, 5) is 23.8. The van der Waals surface area contributed by atoms with Crippen LogP contribution in [0.2, 0.25) is 26.7 Å². The Morgan fingerprint density at radius 1 is 1.10 bits per heavy atom. The molecule has 0 saturated carbocycles. The Balaban J connectivity index is 1.75. The van der Waals surface area contributed by atoms with E-state index in [2.05, 4.69) is 98.0 Å². The van der Waals surface area contributed by atoms with Crippen molar-refractivity contribution < 1.29 is 22.8 Å². The number of nitrogens with one attached hydrogen (secondary N) is 1. The number of fused-ring (bicyclic) bond motifs is 2. The van der Waals surface area contributed by atoms with Crippen molar-refractivity contribution in [1.29, 1.82) is 0 Å². The van der Waals surface area contributed by atoms with Crippen LogP contribution in [0.3, 0.4) is 0 Å². The number of rotatable bonds is 8. The molecule has 0 radical (unpaired) electrons. The fourth-order valence-electron chi connectivity index (χ4n) is 7.57. The lowest BCUT2D eigenvalue weighted by atomic mass is 10.1. The molecule has 0 amide bonds. The molecule has 0 spiro atoms. The average molecular weight is 610 g/mol. The quantitative estimate of drug-likeness (QED) is 0.290. The fraction of sp³-hybridized carbons (Fsp3) is 0.821. The normalized spacial score (nSPS) is 25.5. The SMILES string of the molecule is CC(C)[Si](OCO[C@@H]1[C@@H]2O[Si](C(C)(C)C)(C(C)(C)C)OC[C@H]2O[C@H]1n1cnc2c(=O)[nH]c(N)nc21)(C(C)C)C(C)C. The van der Waals surface area contributed by atoms with Gasteiger partial charge in [0.2, 0.25) is 14.3 Å². The molecule has 2 aliphatic heterocycles. The predicted molar refractivity (Wildman–Crippen MR) is 164 cm³/mol. The zero-order valence-electron chi connectivity index (χ0n) is 26.9. The Morgan fingerprint density at radius 2 is 1.68 bits per heavy atom. The summed E-state index contributed by atoms with van der Waals surface area (Å²) < 4.78 is 35.6. The summed E-state index contributed by atoms with van der Waals surface area (Å²) in [6, 6.07) is 0. The number of nitrogens with zero attached hydrogens (tertiary/aromatic N) is 3. The standard InChI is InChI=1S/C28H51N5O6Si2/c1-16(2)40(17(3)4,18(5)6)37-15-35-22-21-19(13-36-41(39-21,27(7,8)9)28(10,11)12)38-25(22)33-14-30-20-23(33)31-26(29)32-24(20)34/h14,16-19,21-22,25H,13,15H2,1-12H3,(H3,29,31,32,34)/t19-,21-,22-,25-/m1/s1. The topological polar surface area (TPSA) is 136 Å². The third-order valence-electron chi connectivity index (χ3n) is 9.01. The van der Waals surface area contributed by atoms with Gasteiger partial charge in [0.1, 0.15) is 25.1 Å². The van der Waals surface area contributed by atoms with Crippen LogP contribution in [-0.4, -0.2) is 68.1 Å². The van der Waals surface area contributed by atoms with Gasteiger partial charge in [0.25, 0.3) is 5.56 Å². The van der Waals surface area contributed by atoms with Crippen LogP contribution < -0.4 is 11.3 Å². The van der Waals surface area contributed by atoms with Crippen LogP contribution >= 0.6 is 0 Å². The van der Waals surface area contributed by atoms with Gasteiger partial charge >= 0.3 is 8.56 Å². The first kappa shape index (κ1) is 32.3. The molecule has 3 N–H and O–H groups in total. The molecule has 0 unspecified atom stereocenters. The first-order valence-corrected chi connectivity index (χ1v) is 18.8. The second-order valence-corrected chi connectivity index (χ2v) is 24.8. The smallest absolute Gasteiger partial charge is 0.349 e. The van der Waals surface area contributed by atoms with E-state index in [0.717, 1.165) is 0 Å². The highest BCUT2D eigenvalue weighted by Crippen LogP contribution is 2.56. The molecule has 2 aliphatic rings. The van der Waals surface area contributed by atoms with E-state index in [-0.39, 0.29) is 34.4 Å². The Hall–Kier alpha value is -1.62. The van der Waals surface area contributed by atoms with E-state index in [9.17, 15) is 4.79 Å². The first-order chi connectivity index (χ1) is 18.9. The highest BCUT2D eigenvalue weighted by Gasteiger charge is 2.65. The van der Waals surface area contributed by atoms with Gasteiger partial charge in [-0.05, 0) is 16.6 Å². The molecule has 2 aromatic rings. The Morgan fingerprint density at radius 3 is 2.22 bits per heavy atom. The third kappa shape index (κ3) is 5.36. The highest BCUT2D eigenvalue weighted by atomic mass is 28.4. The van der Waals surface area contributed by atoms with Gasteiger partial charge in [-0.15, -0.1) is 0 Å². The number of imidazole rings is 1. The monoisotopic (exact) mass is 609 g/mol. The Bertz CT molecular complexity index is 1250. The third-order valence-corrected chi connectivity index (χ3v) is 20.2. The maximum absolute atomic E-state index is 12.6. The number of ether oxygens (including phenoxy) is 2. The largest absolute Gasteiger partial charge is 0.394 e. The molecular formula is C28H51N5O6Si2. The van der Waals surface area contributed by atoms with Crippen molar-refractivity contribution in [2.75, 3.05) is 19.1 Å². The molecule has 2 aromatic heterocycles. The minimum atomic E-state index is -2.84. The summed E-state index contributed by atoms with van der Waals surface area (Å²) in [5.74, 6) is 0.00789. The van der Waals surface area contributed by atoms with Crippen LogP contribution in [0.15, 0.2) is 11.1 Å². The van der Waals surface area contributed by atoms with Crippen molar-refractivity contribution in [3.8, 4) is 0 Å². The van der Waals surface area contributed by atoms with Crippen molar-refractivity contribution in [3.05, 3.63) is 16.7 Å². The number of hydrogen-bond donors (Lipinski definition) is 2. The molecule has 4 rings (SSSR count). The van der Waals surface area contributed by atoms with E-state index < -0.39 is 40.9 Å². The van der Waals surface area contributed by atoms with Gasteiger partial charge < -0.3 is 28.5 Å². The van der Waals surface area contributed by atoms with Crippen molar-refractivity contribution in [2.45, 2.75) is 134 Å². The van der Waals surface area contributed by atoms with Crippen LogP contribution in [0.25, 0.3) is 11.2 Å². The molecule has 2 fully saturated rings. The highest BCUT2D eigenvalue weighted by molar-refractivity contribution is 6.77. The van der Waals surface area contributed by atoms with Crippen LogP contribution in [0.4, 0.5) is 5.95 Å². The zero-order valence-corrected chi connectivity index (χ0v) is 28.9. The van der Waals surface area contributed by atoms with Crippen molar-refractivity contribution in [2.24, 2.45) is 0 Å². The molecule has 0 aliphatic carbocycles. The van der Waals surface area contributed by atoms with Crippen LogP contribution in [0, 0.1) is 0 Å². The van der Waals surface area contributed by atoms with Crippen molar-refractivity contribution >= 4 is 34.0 Å². The summed E-state index contributed by atoms with van der Waals surface area (Å²) in [5, 5.41) is -0.426. The second kappa shape index (κ2) is 11.1. The van der Waals surface area contributed by atoms with Crippen LogP contribution in [0.1, 0.15) is 89.3 Å². The van der Waals surface area contributed by atoms with Gasteiger partial charge in [-0.25, -0.2) is 4.98 Å². The first-order valence-electron chi connectivity index (χ1n) is 14.8. The molecule has 0 bridgehead atoms. The second-order valence-electron chi connectivity index (χ2n) is 14.6. The number of H-pyrrole nitrogens is 1. The number of nitrogens with two attached hydrogens (primary N) is 1. The number of hydrogen-bond acceptors (Lipinski definition) is 9. The predicted octanol–water partition coefficient (Wildman–Crippen LogP) is 5.59. The van der Waals surface area contributed by atoms with Crippen LogP contribution in [0.5, 0.6) is 0 Å². The number of aromatic nitrogens is 4. The summed E-state index contributed by atoms with van der Waals surface area (Å²) >= 11 is 0. The molecule has 4 atom stereocenters. The Labute approximate surface area is 246 Å². The van der Waals surface area contributed by atoms with E-state index in [0.29, 0.717) is 28.9 Å². The molecule has 13 heteroatoms. The van der Waals surface area contributed by atoms with E-state index in [1.54, 1.807) is 10.9 Å². The molecule has 11 nitrogen and oxygen atoms in total. The molecule has 4 heterocycles. The summed E-state index contributed by atoms with van der Waals surface area (Å²) in [5.41, 5.74) is 7.25. The number of aromatic amines is 1. The van der Waals surface area contributed by atoms with E-state index in [1.807, 2.05) is 0 Å². The molecule has 41 heavy (non-hydrogen) atoms. The molecular weight excluding hydrogens is 559 g/mol. The van der Waals surface area contributed by atoms with Gasteiger partial charge in [-0.3, -0.25) is 14.3 Å². The average Bonchev–Trinajstić information content (AvgIpc) is 3.40. The van der Waals surface area contributed by atoms with E-state index >= 15 is 0 Å². The van der Waals surface area contributed by atoms with E-state index in [1.165, 1.54) is 0 Å². The van der Waals surface area contributed by atoms with E-state index in [4.69, 9.17) is 28.5 Å². The van der Waals surface area contributed by atoms with Gasteiger partial charge in [-0.2, -0.15) is 4.98 Å². The lowest BCUT2D eigenvalue weighted by Gasteiger charge is -2.53. The minimum absolute atomic E-state index is 0.00789. The van der Waals surface area contributed by atoms with Crippen LogP contribution in [-0.2, 0) is 22.8 Å². The van der Waals surface area contributed by atoms with Gasteiger partial charge in [0, 0.05) is 10.1 Å². The van der Waals surface area contributed by atoms with Gasteiger partial charge in [-0.1, -0.05) is 83.1 Å². The Kier molecular flexibility index (Phi) is 8.78.